The molecule has 6 nitrogen and oxygen atoms in total. The number of carboxylic acid groups (broad SMARTS) is 1. The van der Waals surface area contributed by atoms with Gasteiger partial charge in [0.1, 0.15) is 11.3 Å². The Balaban J connectivity index is 2.75. The van der Waals surface area contributed by atoms with Gasteiger partial charge in [-0.1, -0.05) is 0 Å². The number of aromatic carboxylic acids is 1. The number of hydrogen-bond donors (Lipinski definition) is 1. The number of ether oxygens (including phenoxy) is 2. The van der Waals surface area contributed by atoms with Crippen LogP contribution in [0, 0.1) is 0 Å². The summed E-state index contributed by atoms with van der Waals surface area (Å²) in [5, 5.41) is 9.06. The van der Waals surface area contributed by atoms with Gasteiger partial charge in [0.25, 0.3) is 0 Å². The quantitative estimate of drug-likeness (QED) is 0.733. The van der Waals surface area contributed by atoms with E-state index in [4.69, 9.17) is 19.0 Å². The summed E-state index contributed by atoms with van der Waals surface area (Å²) in [5.41, 5.74) is 0.201. The Hall–Kier alpha value is -1.37. The monoisotopic (exact) mass is 271 g/mol. The van der Waals surface area contributed by atoms with Crippen molar-refractivity contribution in [1.29, 1.82) is 0 Å². The lowest BCUT2D eigenvalue weighted by molar-refractivity contribution is 0.0633. The number of hydrogen-bond acceptors (Lipinski definition) is 5. The molecule has 1 N–H and O–H groups in total. The van der Waals surface area contributed by atoms with Crippen LogP contribution < -0.4 is 0 Å². The molecule has 0 aliphatic heterocycles. The molecule has 1 rings (SSSR count). The fraction of sp³-hybridized carbons (Fsp3) is 0.615. The molecule has 19 heavy (non-hydrogen) atoms. The molecule has 0 spiro atoms. The van der Waals surface area contributed by atoms with Crippen LogP contribution >= 0.6 is 0 Å². The zero-order chi connectivity index (χ0) is 14.3. The second-order valence-corrected chi connectivity index (χ2v) is 4.33. The average Bonchev–Trinajstić information content (AvgIpc) is 2.82. The second-order valence-electron chi connectivity index (χ2n) is 4.33. The second kappa shape index (κ2) is 7.93. The first-order chi connectivity index (χ1) is 9.10. The first-order valence-electron chi connectivity index (χ1n) is 6.11. The Labute approximate surface area is 112 Å². The summed E-state index contributed by atoms with van der Waals surface area (Å²) in [7, 11) is 3.27. The van der Waals surface area contributed by atoms with Gasteiger partial charge in [-0.15, -0.1) is 0 Å². The molecule has 0 aromatic carbocycles. The maximum Gasteiger partial charge on any atom is 0.339 e. The Morgan fingerprint density at radius 3 is 2.79 bits per heavy atom. The molecule has 0 aliphatic rings. The Kier molecular flexibility index (Phi) is 6.55. The van der Waals surface area contributed by atoms with Gasteiger partial charge in [0.05, 0.1) is 26.0 Å². The summed E-state index contributed by atoms with van der Waals surface area (Å²) in [6.45, 7) is 4.25. The minimum Gasteiger partial charge on any atom is -0.478 e. The van der Waals surface area contributed by atoms with Gasteiger partial charge in [-0.2, -0.15) is 0 Å². The van der Waals surface area contributed by atoms with E-state index in [1.165, 1.54) is 12.3 Å². The van der Waals surface area contributed by atoms with Crippen LogP contribution in [0.4, 0.5) is 0 Å². The van der Waals surface area contributed by atoms with Crippen LogP contribution in [-0.2, 0) is 16.0 Å². The lowest BCUT2D eigenvalue weighted by Gasteiger charge is -2.27. The van der Waals surface area contributed by atoms with Crippen molar-refractivity contribution in [2.45, 2.75) is 19.5 Å². The molecule has 0 radical (unpaired) electrons. The number of carbonyl (C=O) groups is 1. The summed E-state index contributed by atoms with van der Waals surface area (Å²) >= 11 is 0. The lowest BCUT2D eigenvalue weighted by Crippen LogP contribution is -2.38. The topological polar surface area (TPSA) is 72.1 Å². The summed E-state index contributed by atoms with van der Waals surface area (Å²) in [4.78, 5) is 13.1. The van der Waals surface area contributed by atoms with Gasteiger partial charge in [-0.05, 0) is 13.0 Å². The van der Waals surface area contributed by atoms with Crippen LogP contribution in [0.3, 0.4) is 0 Å². The van der Waals surface area contributed by atoms with Crippen molar-refractivity contribution in [2.24, 2.45) is 0 Å². The molecule has 0 fully saturated rings. The number of furan rings is 1. The Morgan fingerprint density at radius 1 is 1.47 bits per heavy atom. The van der Waals surface area contributed by atoms with E-state index < -0.39 is 5.97 Å². The predicted molar refractivity (Wildman–Crippen MR) is 69.3 cm³/mol. The van der Waals surface area contributed by atoms with Gasteiger partial charge in [-0.3, -0.25) is 4.90 Å². The van der Waals surface area contributed by atoms with Gasteiger partial charge < -0.3 is 19.0 Å². The van der Waals surface area contributed by atoms with Gasteiger partial charge in [0.2, 0.25) is 0 Å². The van der Waals surface area contributed by atoms with E-state index in [-0.39, 0.29) is 11.6 Å². The molecule has 1 aromatic heterocycles. The molecule has 0 aliphatic carbocycles. The zero-order valence-corrected chi connectivity index (χ0v) is 11.6. The highest BCUT2D eigenvalue weighted by atomic mass is 16.5. The maximum atomic E-state index is 11.0. The van der Waals surface area contributed by atoms with E-state index in [0.717, 1.165) is 0 Å². The van der Waals surface area contributed by atoms with Crippen molar-refractivity contribution in [1.82, 2.24) is 4.90 Å². The average molecular weight is 271 g/mol. The third-order valence-corrected chi connectivity index (χ3v) is 2.94. The first-order valence-corrected chi connectivity index (χ1v) is 6.11. The third kappa shape index (κ3) is 4.66. The fourth-order valence-electron chi connectivity index (χ4n) is 1.85. The van der Waals surface area contributed by atoms with Crippen molar-refractivity contribution in [3.63, 3.8) is 0 Å². The van der Waals surface area contributed by atoms with Crippen LogP contribution in [-0.4, -0.2) is 56.0 Å². The van der Waals surface area contributed by atoms with Crippen LogP contribution in [0.15, 0.2) is 16.7 Å². The van der Waals surface area contributed by atoms with Crippen LogP contribution in [0.2, 0.25) is 0 Å². The molecule has 6 heteroatoms. The highest BCUT2D eigenvalue weighted by Crippen LogP contribution is 2.15. The van der Waals surface area contributed by atoms with Gasteiger partial charge >= 0.3 is 5.97 Å². The molecule has 1 unspecified atom stereocenters. The van der Waals surface area contributed by atoms with Crippen LogP contribution in [0.1, 0.15) is 23.0 Å². The Bertz CT molecular complexity index is 390. The number of rotatable bonds is 9. The highest BCUT2D eigenvalue weighted by Gasteiger charge is 2.20. The summed E-state index contributed by atoms with van der Waals surface area (Å²) < 4.78 is 15.5. The Morgan fingerprint density at radius 2 is 2.21 bits per heavy atom. The van der Waals surface area contributed by atoms with Crippen LogP contribution in [0.5, 0.6) is 0 Å². The number of methoxy groups -OCH3 is 2. The van der Waals surface area contributed by atoms with Gasteiger partial charge in [0, 0.05) is 26.8 Å². The molecule has 1 aromatic rings. The molecule has 0 amide bonds. The maximum absolute atomic E-state index is 11.0. The summed E-state index contributed by atoms with van der Waals surface area (Å²) in [6.07, 6.45) is 1.40. The summed E-state index contributed by atoms with van der Waals surface area (Å²) in [5.74, 6) is -0.526. The lowest BCUT2D eigenvalue weighted by atomic mass is 10.2. The van der Waals surface area contributed by atoms with Crippen molar-refractivity contribution in [3.8, 4) is 0 Å². The van der Waals surface area contributed by atoms with Crippen molar-refractivity contribution < 1.29 is 23.8 Å². The molecular formula is C13H21NO5. The summed E-state index contributed by atoms with van der Waals surface area (Å²) in [6, 6.07) is 1.61. The van der Waals surface area contributed by atoms with E-state index >= 15 is 0 Å². The minimum atomic E-state index is -0.977. The fourth-order valence-corrected chi connectivity index (χ4v) is 1.85. The van der Waals surface area contributed by atoms with Crippen molar-refractivity contribution in [2.75, 3.05) is 34.0 Å². The number of nitrogens with zero attached hydrogens (tertiary/aromatic N) is 1. The van der Waals surface area contributed by atoms with E-state index in [0.29, 0.717) is 32.1 Å². The predicted octanol–water partition coefficient (Wildman–Crippen LogP) is 1.46. The molecule has 0 bridgehead atoms. The largest absolute Gasteiger partial charge is 0.478 e. The molecular weight excluding hydrogens is 250 g/mol. The SMILES string of the molecule is COCCN(Cc1occc1C(=O)O)C(C)COC. The van der Waals surface area contributed by atoms with E-state index in [9.17, 15) is 4.79 Å². The van der Waals surface area contributed by atoms with E-state index in [2.05, 4.69) is 4.90 Å². The number of carboxylic acids is 1. The van der Waals surface area contributed by atoms with Crippen LogP contribution in [0.25, 0.3) is 0 Å². The van der Waals surface area contributed by atoms with Crippen molar-refractivity contribution >= 4 is 5.97 Å². The van der Waals surface area contributed by atoms with Gasteiger partial charge in [-0.25, -0.2) is 4.79 Å². The molecule has 0 saturated carbocycles. The third-order valence-electron chi connectivity index (χ3n) is 2.94. The van der Waals surface area contributed by atoms with Crippen molar-refractivity contribution in [3.05, 3.63) is 23.7 Å². The molecule has 0 saturated heterocycles. The standard InChI is InChI=1S/C13H21NO5/c1-10(9-18-3)14(5-7-17-2)8-12-11(13(15)16)4-6-19-12/h4,6,10H,5,7-9H2,1-3H3,(H,15,16). The minimum absolute atomic E-state index is 0.145. The highest BCUT2D eigenvalue weighted by molar-refractivity contribution is 5.88. The molecule has 1 heterocycles. The smallest absolute Gasteiger partial charge is 0.339 e. The zero-order valence-electron chi connectivity index (χ0n) is 11.6. The molecule has 1 atom stereocenters. The van der Waals surface area contributed by atoms with Gasteiger partial charge in [0.15, 0.2) is 0 Å². The normalized spacial score (nSPS) is 12.8. The molecule has 108 valence electrons. The van der Waals surface area contributed by atoms with E-state index in [1.54, 1.807) is 14.2 Å². The van der Waals surface area contributed by atoms with E-state index in [1.807, 2.05) is 6.92 Å². The first kappa shape index (κ1) is 15.7.